The van der Waals surface area contributed by atoms with Gasteiger partial charge in [-0.3, -0.25) is 4.79 Å². The number of hydrogen-bond acceptors (Lipinski definition) is 2. The Morgan fingerprint density at radius 1 is 1.24 bits per heavy atom. The van der Waals surface area contributed by atoms with E-state index >= 15 is 0 Å². The topological polar surface area (TPSA) is 70.2 Å². The number of aromatic nitrogens is 1. The van der Waals surface area contributed by atoms with Crippen LogP contribution in [-0.4, -0.2) is 16.1 Å². The average Bonchev–Trinajstić information content (AvgIpc) is 2.29. The van der Waals surface area contributed by atoms with Gasteiger partial charge in [0.2, 0.25) is 0 Å². The standard InChI is InChI=1S/C13H11NO3/c1-8-10(9-5-3-2-4-6-9)7-11(13(16)17)12(15)14-8/h2-7H,1H3,(H,14,15)(H,16,17). The van der Waals surface area contributed by atoms with Gasteiger partial charge in [-0.25, -0.2) is 4.79 Å². The fourth-order valence-electron chi connectivity index (χ4n) is 1.70. The first kappa shape index (κ1) is 11.1. The zero-order valence-electron chi connectivity index (χ0n) is 9.23. The number of carbonyl (C=O) groups is 1. The number of carboxylic acids is 1. The number of aryl methyl sites for hydroxylation is 1. The van der Waals surface area contributed by atoms with Crippen molar-refractivity contribution in [3.63, 3.8) is 0 Å². The zero-order valence-corrected chi connectivity index (χ0v) is 9.23. The molecular formula is C13H11NO3. The van der Waals surface area contributed by atoms with Crippen LogP contribution in [0.4, 0.5) is 0 Å². The number of carboxylic acid groups (broad SMARTS) is 1. The number of aromatic carboxylic acids is 1. The van der Waals surface area contributed by atoms with Gasteiger partial charge in [0.15, 0.2) is 0 Å². The summed E-state index contributed by atoms with van der Waals surface area (Å²) in [6.07, 6.45) is 0. The molecular weight excluding hydrogens is 218 g/mol. The van der Waals surface area contributed by atoms with Gasteiger partial charge >= 0.3 is 5.97 Å². The van der Waals surface area contributed by atoms with Crippen molar-refractivity contribution < 1.29 is 9.90 Å². The van der Waals surface area contributed by atoms with Crippen molar-refractivity contribution >= 4 is 5.97 Å². The van der Waals surface area contributed by atoms with E-state index in [-0.39, 0.29) is 5.56 Å². The van der Waals surface area contributed by atoms with E-state index in [0.717, 1.165) is 11.1 Å². The Hall–Kier alpha value is -2.36. The van der Waals surface area contributed by atoms with Gasteiger partial charge < -0.3 is 10.1 Å². The summed E-state index contributed by atoms with van der Waals surface area (Å²) < 4.78 is 0. The molecule has 0 aliphatic carbocycles. The summed E-state index contributed by atoms with van der Waals surface area (Å²) in [5, 5.41) is 8.91. The number of rotatable bonds is 2. The van der Waals surface area contributed by atoms with Crippen LogP contribution in [0.3, 0.4) is 0 Å². The minimum atomic E-state index is -1.22. The smallest absolute Gasteiger partial charge is 0.341 e. The highest BCUT2D eigenvalue weighted by Gasteiger charge is 2.12. The monoisotopic (exact) mass is 229 g/mol. The van der Waals surface area contributed by atoms with Crippen LogP contribution >= 0.6 is 0 Å². The Bertz CT molecular complexity index is 614. The van der Waals surface area contributed by atoms with E-state index < -0.39 is 11.5 Å². The van der Waals surface area contributed by atoms with Crippen LogP contribution in [0.25, 0.3) is 11.1 Å². The molecule has 2 N–H and O–H groups in total. The molecule has 0 atom stereocenters. The van der Waals surface area contributed by atoms with Crippen LogP contribution in [-0.2, 0) is 0 Å². The van der Waals surface area contributed by atoms with Gasteiger partial charge in [-0.05, 0) is 18.6 Å². The molecule has 0 amide bonds. The van der Waals surface area contributed by atoms with Crippen molar-refractivity contribution in [3.8, 4) is 11.1 Å². The Morgan fingerprint density at radius 3 is 2.47 bits per heavy atom. The third kappa shape index (κ3) is 2.10. The fraction of sp³-hybridized carbons (Fsp3) is 0.0769. The lowest BCUT2D eigenvalue weighted by molar-refractivity contribution is 0.0695. The molecule has 4 nitrogen and oxygen atoms in total. The molecule has 4 heteroatoms. The highest BCUT2D eigenvalue weighted by molar-refractivity contribution is 5.89. The predicted octanol–water partition coefficient (Wildman–Crippen LogP) is 2.05. The van der Waals surface area contributed by atoms with Crippen molar-refractivity contribution in [3.05, 3.63) is 58.0 Å². The van der Waals surface area contributed by atoms with Gasteiger partial charge in [-0.2, -0.15) is 0 Å². The summed E-state index contributed by atoms with van der Waals surface area (Å²) in [7, 11) is 0. The number of nitrogens with one attached hydrogen (secondary N) is 1. The number of benzene rings is 1. The lowest BCUT2D eigenvalue weighted by Crippen LogP contribution is -2.18. The van der Waals surface area contributed by atoms with Crippen molar-refractivity contribution in [1.29, 1.82) is 0 Å². The lowest BCUT2D eigenvalue weighted by atomic mass is 10.0. The Labute approximate surface area is 97.6 Å². The molecule has 0 spiro atoms. The van der Waals surface area contributed by atoms with E-state index in [9.17, 15) is 9.59 Å². The maximum atomic E-state index is 11.4. The molecule has 0 unspecified atom stereocenters. The lowest BCUT2D eigenvalue weighted by Gasteiger charge is -2.06. The van der Waals surface area contributed by atoms with Gasteiger partial charge in [0.1, 0.15) is 5.56 Å². The van der Waals surface area contributed by atoms with Crippen molar-refractivity contribution in [1.82, 2.24) is 4.98 Å². The SMILES string of the molecule is Cc1[nH]c(=O)c(C(=O)O)cc1-c1ccccc1. The van der Waals surface area contributed by atoms with E-state index in [1.807, 2.05) is 30.3 Å². The second-order valence-corrected chi connectivity index (χ2v) is 3.72. The van der Waals surface area contributed by atoms with Gasteiger partial charge in [-0.1, -0.05) is 30.3 Å². The first-order chi connectivity index (χ1) is 8.09. The van der Waals surface area contributed by atoms with E-state index in [4.69, 9.17) is 5.11 Å². The second-order valence-electron chi connectivity index (χ2n) is 3.72. The van der Waals surface area contributed by atoms with Gasteiger partial charge in [0.05, 0.1) is 0 Å². The molecule has 1 aromatic heterocycles. The minimum absolute atomic E-state index is 0.241. The number of pyridine rings is 1. The van der Waals surface area contributed by atoms with E-state index in [1.165, 1.54) is 6.07 Å². The molecule has 2 rings (SSSR count). The van der Waals surface area contributed by atoms with Gasteiger partial charge in [0, 0.05) is 11.3 Å². The second kappa shape index (κ2) is 4.25. The first-order valence-corrected chi connectivity index (χ1v) is 5.12. The van der Waals surface area contributed by atoms with Crippen LogP contribution in [0.2, 0.25) is 0 Å². The molecule has 0 fully saturated rings. The van der Waals surface area contributed by atoms with E-state index in [0.29, 0.717) is 5.69 Å². The maximum Gasteiger partial charge on any atom is 0.341 e. The summed E-state index contributed by atoms with van der Waals surface area (Å²) >= 11 is 0. The van der Waals surface area contributed by atoms with Crippen LogP contribution in [0.1, 0.15) is 16.1 Å². The maximum absolute atomic E-state index is 11.4. The van der Waals surface area contributed by atoms with E-state index in [1.54, 1.807) is 6.92 Å². The van der Waals surface area contributed by atoms with Gasteiger partial charge in [-0.15, -0.1) is 0 Å². The average molecular weight is 229 g/mol. The van der Waals surface area contributed by atoms with Crippen LogP contribution in [0.15, 0.2) is 41.2 Å². The largest absolute Gasteiger partial charge is 0.477 e. The molecule has 1 heterocycles. The molecule has 17 heavy (non-hydrogen) atoms. The molecule has 0 radical (unpaired) electrons. The highest BCUT2D eigenvalue weighted by Crippen LogP contribution is 2.21. The summed E-state index contributed by atoms with van der Waals surface area (Å²) in [5.41, 5.74) is 1.45. The molecule has 0 aliphatic rings. The number of H-pyrrole nitrogens is 1. The normalized spacial score (nSPS) is 10.2. The third-order valence-electron chi connectivity index (χ3n) is 2.55. The van der Waals surface area contributed by atoms with Crippen LogP contribution in [0, 0.1) is 6.92 Å². The highest BCUT2D eigenvalue weighted by atomic mass is 16.4. The fourth-order valence-corrected chi connectivity index (χ4v) is 1.70. The number of hydrogen-bond donors (Lipinski definition) is 2. The molecule has 0 saturated carbocycles. The minimum Gasteiger partial charge on any atom is -0.477 e. The van der Waals surface area contributed by atoms with Gasteiger partial charge in [0.25, 0.3) is 5.56 Å². The van der Waals surface area contributed by atoms with Crippen molar-refractivity contribution in [2.45, 2.75) is 6.92 Å². The Kier molecular flexibility index (Phi) is 2.78. The summed E-state index contributed by atoms with van der Waals surface area (Å²) in [6, 6.07) is 10.7. The molecule has 0 bridgehead atoms. The molecule has 2 aromatic rings. The Balaban J connectivity index is 2.67. The Morgan fingerprint density at radius 2 is 1.88 bits per heavy atom. The summed E-state index contributed by atoms with van der Waals surface area (Å²) in [4.78, 5) is 24.9. The van der Waals surface area contributed by atoms with Crippen LogP contribution in [0.5, 0.6) is 0 Å². The number of aromatic amines is 1. The van der Waals surface area contributed by atoms with Crippen LogP contribution < -0.4 is 5.56 Å². The van der Waals surface area contributed by atoms with E-state index in [2.05, 4.69) is 4.98 Å². The summed E-state index contributed by atoms with van der Waals surface area (Å²) in [6.45, 7) is 1.75. The zero-order chi connectivity index (χ0) is 12.4. The van der Waals surface area contributed by atoms with Crippen molar-refractivity contribution in [2.75, 3.05) is 0 Å². The first-order valence-electron chi connectivity index (χ1n) is 5.12. The molecule has 1 aromatic carbocycles. The quantitative estimate of drug-likeness (QED) is 0.827. The molecule has 0 saturated heterocycles. The summed E-state index contributed by atoms with van der Waals surface area (Å²) in [5.74, 6) is -1.22. The van der Waals surface area contributed by atoms with Crippen molar-refractivity contribution in [2.24, 2.45) is 0 Å². The molecule has 86 valence electrons. The third-order valence-corrected chi connectivity index (χ3v) is 2.55. The molecule has 0 aliphatic heterocycles. The predicted molar refractivity (Wildman–Crippen MR) is 64.2 cm³/mol.